The third-order valence-electron chi connectivity index (χ3n) is 4.31. The molecule has 0 fully saturated rings. The molecular weight excluding hydrogens is 372 g/mol. The molecule has 0 bridgehead atoms. The Balaban J connectivity index is 1.63. The molecule has 148 valence electrons. The number of carbonyl (C=O) groups is 3. The van der Waals surface area contributed by atoms with Crippen LogP contribution in [-0.2, 0) is 9.53 Å². The zero-order valence-electron chi connectivity index (χ0n) is 16.0. The maximum absolute atomic E-state index is 12.4. The molecule has 0 saturated heterocycles. The van der Waals surface area contributed by atoms with Crippen molar-refractivity contribution in [3.63, 3.8) is 0 Å². The minimum Gasteiger partial charge on any atom is -0.459 e. The maximum atomic E-state index is 12.4. The first kappa shape index (κ1) is 19.9. The summed E-state index contributed by atoms with van der Waals surface area (Å²) in [6.45, 7) is 1.40. The fraction of sp³-hybridized carbons (Fsp3) is 0.136. The molecule has 0 aliphatic carbocycles. The van der Waals surface area contributed by atoms with Crippen molar-refractivity contribution in [1.82, 2.24) is 0 Å². The van der Waals surface area contributed by atoms with Gasteiger partial charge >= 0.3 is 5.97 Å². The van der Waals surface area contributed by atoms with E-state index in [9.17, 15) is 14.4 Å². The van der Waals surface area contributed by atoms with Gasteiger partial charge in [0.15, 0.2) is 12.4 Å². The molecule has 0 atom stereocenters. The fourth-order valence-electron chi connectivity index (χ4n) is 2.58. The quantitative estimate of drug-likeness (QED) is 0.647. The van der Waals surface area contributed by atoms with Crippen LogP contribution >= 0.6 is 0 Å². The number of hydrogen-bond acceptors (Lipinski definition) is 5. The van der Waals surface area contributed by atoms with Gasteiger partial charge in [-0.25, -0.2) is 4.79 Å². The van der Waals surface area contributed by atoms with E-state index in [4.69, 9.17) is 9.15 Å². The summed E-state index contributed by atoms with van der Waals surface area (Å²) < 4.78 is 10.2. The number of carbonyl (C=O) groups excluding carboxylic acids is 3. The van der Waals surface area contributed by atoms with Crippen molar-refractivity contribution >= 4 is 29.2 Å². The van der Waals surface area contributed by atoms with Crippen molar-refractivity contribution in [3.8, 4) is 0 Å². The summed E-state index contributed by atoms with van der Waals surface area (Å²) in [5.74, 6) is -1.29. The number of nitrogens with one attached hydrogen (secondary N) is 1. The number of likely N-dealkylation sites (N-methyl/N-ethyl adjacent to an activating group) is 1. The number of hydrogen-bond donors (Lipinski definition) is 1. The van der Waals surface area contributed by atoms with Crippen LogP contribution in [0, 0.1) is 6.92 Å². The molecule has 3 aromatic rings. The third-order valence-corrected chi connectivity index (χ3v) is 4.31. The molecule has 0 aliphatic heterocycles. The fourth-order valence-corrected chi connectivity index (χ4v) is 2.58. The van der Waals surface area contributed by atoms with Crippen molar-refractivity contribution in [2.75, 3.05) is 23.9 Å². The van der Waals surface area contributed by atoms with Crippen LogP contribution in [0.1, 0.15) is 26.5 Å². The Kier molecular flexibility index (Phi) is 6.09. The summed E-state index contributed by atoms with van der Waals surface area (Å²) in [6, 6.07) is 17.0. The van der Waals surface area contributed by atoms with Crippen LogP contribution in [0.5, 0.6) is 0 Å². The number of aryl methyl sites for hydroxylation is 1. The van der Waals surface area contributed by atoms with E-state index in [1.54, 1.807) is 44.3 Å². The summed E-state index contributed by atoms with van der Waals surface area (Å²) in [7, 11) is 1.61. The van der Waals surface area contributed by atoms with Crippen LogP contribution < -0.4 is 10.2 Å². The first-order valence-corrected chi connectivity index (χ1v) is 8.90. The summed E-state index contributed by atoms with van der Waals surface area (Å²) in [4.78, 5) is 38.2. The Morgan fingerprint density at radius 3 is 2.48 bits per heavy atom. The van der Waals surface area contributed by atoms with Gasteiger partial charge in [-0.05, 0) is 48.9 Å². The van der Waals surface area contributed by atoms with Crippen LogP contribution in [0.2, 0.25) is 0 Å². The van der Waals surface area contributed by atoms with Crippen LogP contribution in [0.3, 0.4) is 0 Å². The van der Waals surface area contributed by atoms with Gasteiger partial charge in [-0.2, -0.15) is 0 Å². The zero-order chi connectivity index (χ0) is 20.8. The monoisotopic (exact) mass is 392 g/mol. The smallest absolute Gasteiger partial charge is 0.338 e. The van der Waals surface area contributed by atoms with E-state index in [1.165, 1.54) is 23.3 Å². The van der Waals surface area contributed by atoms with Gasteiger partial charge in [0.05, 0.1) is 11.8 Å². The standard InChI is InChI=1S/C22H20N2O5/c1-15-10-11-16(13-18(15)23-21(26)19-9-6-12-28-19)22(27)29-14-20(25)24(2)17-7-4-3-5-8-17/h3-13H,14H2,1-2H3,(H,23,26). The Bertz CT molecular complexity index is 1010. The molecule has 0 unspecified atom stereocenters. The van der Waals surface area contributed by atoms with Crippen molar-refractivity contribution in [2.45, 2.75) is 6.92 Å². The number of ether oxygens (including phenoxy) is 1. The zero-order valence-corrected chi connectivity index (χ0v) is 16.0. The van der Waals surface area contributed by atoms with E-state index in [0.717, 1.165) is 5.56 Å². The van der Waals surface area contributed by atoms with Gasteiger partial charge in [0.1, 0.15) is 0 Å². The molecule has 2 amide bonds. The number of rotatable bonds is 6. The number of amides is 2. The molecule has 1 heterocycles. The lowest BCUT2D eigenvalue weighted by Gasteiger charge is -2.17. The highest BCUT2D eigenvalue weighted by Gasteiger charge is 2.17. The van der Waals surface area contributed by atoms with E-state index >= 15 is 0 Å². The van der Waals surface area contributed by atoms with Crippen molar-refractivity contribution in [3.05, 3.63) is 83.8 Å². The van der Waals surface area contributed by atoms with Crippen LogP contribution in [0.15, 0.2) is 71.3 Å². The van der Waals surface area contributed by atoms with Gasteiger partial charge in [-0.3, -0.25) is 9.59 Å². The molecule has 1 N–H and O–H groups in total. The molecule has 0 aliphatic rings. The Labute approximate surface area is 167 Å². The average Bonchev–Trinajstić information content (AvgIpc) is 3.28. The van der Waals surface area contributed by atoms with Crippen LogP contribution in [-0.4, -0.2) is 31.4 Å². The number of benzene rings is 2. The predicted octanol–water partition coefficient (Wildman–Crippen LogP) is 3.66. The minimum absolute atomic E-state index is 0.159. The van der Waals surface area contributed by atoms with E-state index in [2.05, 4.69) is 5.32 Å². The molecule has 1 aromatic heterocycles. The van der Waals surface area contributed by atoms with Gasteiger partial charge in [-0.1, -0.05) is 24.3 Å². The van der Waals surface area contributed by atoms with Gasteiger partial charge in [0, 0.05) is 18.4 Å². The van der Waals surface area contributed by atoms with E-state index in [-0.39, 0.29) is 17.2 Å². The summed E-state index contributed by atoms with van der Waals surface area (Å²) >= 11 is 0. The highest BCUT2D eigenvalue weighted by molar-refractivity contribution is 6.03. The predicted molar refractivity (Wildman–Crippen MR) is 108 cm³/mol. The minimum atomic E-state index is -0.659. The van der Waals surface area contributed by atoms with Crippen molar-refractivity contribution in [1.29, 1.82) is 0 Å². The number of esters is 1. The number of furan rings is 1. The largest absolute Gasteiger partial charge is 0.459 e. The molecule has 0 spiro atoms. The number of nitrogens with zero attached hydrogens (tertiary/aromatic N) is 1. The normalized spacial score (nSPS) is 10.3. The molecule has 0 radical (unpaired) electrons. The Morgan fingerprint density at radius 1 is 1.03 bits per heavy atom. The average molecular weight is 392 g/mol. The van der Waals surface area contributed by atoms with E-state index < -0.39 is 18.5 Å². The van der Waals surface area contributed by atoms with Crippen LogP contribution in [0.4, 0.5) is 11.4 Å². The second-order valence-corrected chi connectivity index (χ2v) is 6.33. The lowest BCUT2D eigenvalue weighted by molar-refractivity contribution is -0.121. The summed E-state index contributed by atoms with van der Waals surface area (Å²) in [5, 5.41) is 2.70. The van der Waals surface area contributed by atoms with Gasteiger partial charge in [0.25, 0.3) is 11.8 Å². The molecule has 7 heteroatoms. The highest BCUT2D eigenvalue weighted by atomic mass is 16.5. The number of anilines is 2. The first-order valence-electron chi connectivity index (χ1n) is 8.90. The van der Waals surface area contributed by atoms with Crippen molar-refractivity contribution in [2.24, 2.45) is 0 Å². The van der Waals surface area contributed by atoms with Gasteiger partial charge < -0.3 is 19.4 Å². The topological polar surface area (TPSA) is 88.9 Å². The molecule has 0 saturated carbocycles. The Morgan fingerprint density at radius 2 is 1.79 bits per heavy atom. The first-order chi connectivity index (χ1) is 14.0. The molecule has 29 heavy (non-hydrogen) atoms. The van der Waals surface area contributed by atoms with E-state index in [1.807, 2.05) is 18.2 Å². The number of para-hydroxylation sites is 1. The Hall–Kier alpha value is -3.87. The lowest BCUT2D eigenvalue weighted by atomic mass is 10.1. The second-order valence-electron chi connectivity index (χ2n) is 6.33. The van der Waals surface area contributed by atoms with Crippen LogP contribution in [0.25, 0.3) is 0 Å². The summed E-state index contributed by atoms with van der Waals surface area (Å²) in [5.41, 5.74) is 2.14. The molecular formula is C22H20N2O5. The third kappa shape index (κ3) is 4.90. The van der Waals surface area contributed by atoms with Gasteiger partial charge in [-0.15, -0.1) is 0 Å². The SMILES string of the molecule is Cc1ccc(C(=O)OCC(=O)N(C)c2ccccc2)cc1NC(=O)c1ccco1. The second kappa shape index (κ2) is 8.88. The van der Waals surface area contributed by atoms with Crippen molar-refractivity contribution < 1.29 is 23.5 Å². The van der Waals surface area contributed by atoms with Gasteiger partial charge in [0.2, 0.25) is 0 Å². The molecule has 3 rings (SSSR count). The maximum Gasteiger partial charge on any atom is 0.338 e. The molecule has 7 nitrogen and oxygen atoms in total. The highest BCUT2D eigenvalue weighted by Crippen LogP contribution is 2.19. The lowest BCUT2D eigenvalue weighted by Crippen LogP contribution is -2.31. The summed E-state index contributed by atoms with van der Waals surface area (Å²) in [6.07, 6.45) is 1.40. The molecule has 2 aromatic carbocycles. The van der Waals surface area contributed by atoms with E-state index in [0.29, 0.717) is 11.4 Å².